The lowest BCUT2D eigenvalue weighted by Crippen LogP contribution is -2.34. The number of pyridine rings is 1. The maximum absolute atomic E-state index is 9.24. The molecule has 0 bridgehead atoms. The number of rotatable bonds is 1. The van der Waals surface area contributed by atoms with Crippen LogP contribution in [0.15, 0.2) is 24.5 Å². The molecule has 3 nitrogen and oxygen atoms in total. The van der Waals surface area contributed by atoms with Crippen LogP contribution in [0.2, 0.25) is 0 Å². The molecule has 1 aliphatic heterocycles. The third kappa shape index (κ3) is 1.49. The van der Waals surface area contributed by atoms with Crippen LogP contribution in [0.3, 0.4) is 0 Å². The number of nitriles is 1. The molecule has 0 radical (unpaired) electrons. The van der Waals surface area contributed by atoms with E-state index in [1.807, 2.05) is 12.1 Å². The van der Waals surface area contributed by atoms with Crippen LogP contribution >= 0.6 is 0 Å². The molecule has 0 saturated carbocycles. The Morgan fingerprint density at radius 1 is 1.43 bits per heavy atom. The highest BCUT2D eigenvalue weighted by Gasteiger charge is 2.34. The van der Waals surface area contributed by atoms with Gasteiger partial charge in [-0.05, 0) is 30.5 Å². The van der Waals surface area contributed by atoms with E-state index in [9.17, 15) is 5.26 Å². The highest BCUT2D eigenvalue weighted by molar-refractivity contribution is 5.31. The average Bonchev–Trinajstić information content (AvgIpc) is 2.31. The molecule has 1 aromatic heterocycles. The summed E-state index contributed by atoms with van der Waals surface area (Å²) in [5, 5.41) is 9.24. The fourth-order valence-corrected chi connectivity index (χ4v) is 1.85. The Kier molecular flexibility index (Phi) is 2.47. The molecule has 0 aromatic carbocycles. The zero-order valence-electron chi connectivity index (χ0n) is 7.94. The SMILES string of the molecule is N#CC1(c2ccncc2)CCCOC1. The van der Waals surface area contributed by atoms with Crippen LogP contribution in [0.1, 0.15) is 18.4 Å². The summed E-state index contributed by atoms with van der Waals surface area (Å²) in [6.45, 7) is 1.28. The van der Waals surface area contributed by atoms with Crippen molar-refractivity contribution in [2.75, 3.05) is 13.2 Å². The van der Waals surface area contributed by atoms with E-state index in [1.54, 1.807) is 12.4 Å². The van der Waals surface area contributed by atoms with Gasteiger partial charge in [-0.3, -0.25) is 4.98 Å². The molecule has 0 spiro atoms. The number of hydrogen-bond donors (Lipinski definition) is 0. The Labute approximate surface area is 83.3 Å². The van der Waals surface area contributed by atoms with Crippen molar-refractivity contribution in [3.05, 3.63) is 30.1 Å². The summed E-state index contributed by atoms with van der Waals surface area (Å²) in [7, 11) is 0. The van der Waals surface area contributed by atoms with Gasteiger partial charge in [0.25, 0.3) is 0 Å². The number of nitrogens with zero attached hydrogens (tertiary/aromatic N) is 2. The van der Waals surface area contributed by atoms with Crippen molar-refractivity contribution in [3.63, 3.8) is 0 Å². The first-order valence-corrected chi connectivity index (χ1v) is 4.77. The van der Waals surface area contributed by atoms with Crippen LogP contribution in [-0.2, 0) is 10.2 Å². The van der Waals surface area contributed by atoms with E-state index in [0.29, 0.717) is 6.61 Å². The molecular weight excluding hydrogens is 176 g/mol. The summed E-state index contributed by atoms with van der Waals surface area (Å²) < 4.78 is 5.39. The minimum absolute atomic E-state index is 0.443. The molecular formula is C11H12N2O. The highest BCUT2D eigenvalue weighted by Crippen LogP contribution is 2.31. The van der Waals surface area contributed by atoms with Gasteiger partial charge < -0.3 is 4.74 Å². The van der Waals surface area contributed by atoms with E-state index in [-0.39, 0.29) is 0 Å². The van der Waals surface area contributed by atoms with Crippen LogP contribution in [0.25, 0.3) is 0 Å². The molecule has 2 rings (SSSR count). The molecule has 72 valence electrons. The van der Waals surface area contributed by atoms with Gasteiger partial charge in [0.15, 0.2) is 0 Å². The van der Waals surface area contributed by atoms with Gasteiger partial charge in [-0.1, -0.05) is 0 Å². The Morgan fingerprint density at radius 2 is 2.21 bits per heavy atom. The van der Waals surface area contributed by atoms with Crippen LogP contribution in [0.5, 0.6) is 0 Å². The van der Waals surface area contributed by atoms with E-state index in [0.717, 1.165) is 25.0 Å². The summed E-state index contributed by atoms with van der Waals surface area (Å²) in [5.74, 6) is 0. The van der Waals surface area contributed by atoms with Gasteiger partial charge in [0, 0.05) is 19.0 Å². The normalized spacial score (nSPS) is 26.8. The topological polar surface area (TPSA) is 45.9 Å². The zero-order valence-corrected chi connectivity index (χ0v) is 7.94. The monoisotopic (exact) mass is 188 g/mol. The summed E-state index contributed by atoms with van der Waals surface area (Å²) >= 11 is 0. The maximum Gasteiger partial charge on any atom is 0.106 e. The smallest absolute Gasteiger partial charge is 0.106 e. The van der Waals surface area contributed by atoms with E-state index < -0.39 is 5.41 Å². The summed E-state index contributed by atoms with van der Waals surface area (Å²) in [4.78, 5) is 3.96. The van der Waals surface area contributed by atoms with Crippen molar-refractivity contribution in [1.29, 1.82) is 5.26 Å². The van der Waals surface area contributed by atoms with Crippen molar-refractivity contribution in [2.45, 2.75) is 18.3 Å². The second-order valence-electron chi connectivity index (χ2n) is 3.59. The van der Waals surface area contributed by atoms with E-state index in [2.05, 4.69) is 11.1 Å². The van der Waals surface area contributed by atoms with Crippen LogP contribution < -0.4 is 0 Å². The number of ether oxygens (including phenoxy) is 1. The van der Waals surface area contributed by atoms with Gasteiger partial charge >= 0.3 is 0 Å². The number of hydrogen-bond acceptors (Lipinski definition) is 3. The van der Waals surface area contributed by atoms with Crippen molar-refractivity contribution >= 4 is 0 Å². The van der Waals surface area contributed by atoms with Gasteiger partial charge in [0.05, 0.1) is 12.7 Å². The maximum atomic E-state index is 9.24. The molecule has 1 aromatic rings. The Bertz CT molecular complexity index is 336. The van der Waals surface area contributed by atoms with E-state index in [4.69, 9.17) is 4.74 Å². The predicted molar refractivity (Wildman–Crippen MR) is 51.6 cm³/mol. The van der Waals surface area contributed by atoms with Gasteiger partial charge in [0.1, 0.15) is 5.41 Å². The fourth-order valence-electron chi connectivity index (χ4n) is 1.85. The quantitative estimate of drug-likeness (QED) is 0.673. The molecule has 1 saturated heterocycles. The second kappa shape index (κ2) is 3.77. The molecule has 2 heterocycles. The lowest BCUT2D eigenvalue weighted by Gasteiger charge is -2.30. The third-order valence-electron chi connectivity index (χ3n) is 2.69. The first-order chi connectivity index (χ1) is 6.87. The highest BCUT2D eigenvalue weighted by atomic mass is 16.5. The van der Waals surface area contributed by atoms with Crippen LogP contribution in [-0.4, -0.2) is 18.2 Å². The lowest BCUT2D eigenvalue weighted by molar-refractivity contribution is 0.0562. The summed E-state index contributed by atoms with van der Waals surface area (Å²) in [5.41, 5.74) is 0.580. The predicted octanol–water partition coefficient (Wildman–Crippen LogP) is 1.65. The molecule has 0 N–H and O–H groups in total. The van der Waals surface area contributed by atoms with Gasteiger partial charge in [-0.15, -0.1) is 0 Å². The summed E-state index contributed by atoms with van der Waals surface area (Å²) in [6, 6.07) is 6.18. The molecule has 3 heteroatoms. The fraction of sp³-hybridized carbons (Fsp3) is 0.455. The molecule has 1 unspecified atom stereocenters. The van der Waals surface area contributed by atoms with E-state index in [1.165, 1.54) is 0 Å². The summed E-state index contributed by atoms with van der Waals surface area (Å²) in [6.07, 6.45) is 5.29. The molecule has 0 amide bonds. The Hall–Kier alpha value is -1.40. The third-order valence-corrected chi connectivity index (χ3v) is 2.69. The molecule has 1 atom stereocenters. The zero-order chi connectivity index (χ0) is 9.86. The lowest BCUT2D eigenvalue weighted by atomic mass is 9.78. The van der Waals surface area contributed by atoms with Crippen LogP contribution in [0.4, 0.5) is 0 Å². The van der Waals surface area contributed by atoms with Gasteiger partial charge in [-0.25, -0.2) is 0 Å². The van der Waals surface area contributed by atoms with Gasteiger partial charge in [0.2, 0.25) is 0 Å². The minimum Gasteiger partial charge on any atom is -0.379 e. The molecule has 0 aliphatic carbocycles. The first-order valence-electron chi connectivity index (χ1n) is 4.77. The van der Waals surface area contributed by atoms with Crippen molar-refractivity contribution in [2.24, 2.45) is 0 Å². The van der Waals surface area contributed by atoms with Crippen molar-refractivity contribution in [3.8, 4) is 6.07 Å². The van der Waals surface area contributed by atoms with Crippen LogP contribution in [0, 0.1) is 11.3 Å². The Morgan fingerprint density at radius 3 is 2.79 bits per heavy atom. The standard InChI is InChI=1S/C11H12N2O/c12-8-11(4-1-7-14-9-11)10-2-5-13-6-3-10/h2-3,5-6H,1,4,7,9H2. The van der Waals surface area contributed by atoms with E-state index >= 15 is 0 Å². The number of aromatic nitrogens is 1. The molecule has 1 fully saturated rings. The van der Waals surface area contributed by atoms with Gasteiger partial charge in [-0.2, -0.15) is 5.26 Å². The second-order valence-corrected chi connectivity index (χ2v) is 3.59. The van der Waals surface area contributed by atoms with Crippen molar-refractivity contribution < 1.29 is 4.74 Å². The molecule has 14 heavy (non-hydrogen) atoms. The van der Waals surface area contributed by atoms with Crippen molar-refractivity contribution in [1.82, 2.24) is 4.98 Å². The first kappa shape index (κ1) is 9.17. The Balaban J connectivity index is 2.33. The minimum atomic E-state index is -0.443. The average molecular weight is 188 g/mol. The molecule has 1 aliphatic rings. The largest absolute Gasteiger partial charge is 0.379 e.